The molecule has 3 rings (SSSR count). The normalized spacial score (nSPS) is 10.6. The lowest BCUT2D eigenvalue weighted by molar-refractivity contribution is 0.0921. The molecule has 5 nitrogen and oxygen atoms in total. The smallest absolute Gasteiger partial charge is 0.247 e. The highest BCUT2D eigenvalue weighted by Crippen LogP contribution is 2.22. The van der Waals surface area contributed by atoms with Gasteiger partial charge in [0.15, 0.2) is 12.4 Å². The van der Waals surface area contributed by atoms with Crippen molar-refractivity contribution in [2.75, 3.05) is 6.61 Å². The van der Waals surface area contributed by atoms with E-state index < -0.39 is 0 Å². The van der Waals surface area contributed by atoms with Gasteiger partial charge in [0.05, 0.1) is 0 Å². The molecular formula is C19H17ClN2O3. The maximum Gasteiger partial charge on any atom is 0.247 e. The van der Waals surface area contributed by atoms with E-state index >= 15 is 0 Å². The number of benzene rings is 2. The molecule has 3 aromatic rings. The average molecular weight is 357 g/mol. The first-order chi connectivity index (χ1) is 12.2. The van der Waals surface area contributed by atoms with Crippen molar-refractivity contribution in [2.45, 2.75) is 19.8 Å². The Bertz CT molecular complexity index is 842. The number of carbonyl (C=O) groups is 1. The number of nitrogens with zero attached hydrogens (tertiary/aromatic N) is 2. The number of ketones is 1. The minimum atomic E-state index is -0.109. The number of carbonyl (C=O) groups excluding carboxylic acids is 1. The van der Waals surface area contributed by atoms with E-state index in [1.807, 2.05) is 12.1 Å². The first-order valence-electron chi connectivity index (χ1n) is 8.00. The van der Waals surface area contributed by atoms with Crippen LogP contribution in [0.15, 0.2) is 52.9 Å². The molecule has 0 fully saturated rings. The van der Waals surface area contributed by atoms with Crippen molar-refractivity contribution in [2.24, 2.45) is 0 Å². The van der Waals surface area contributed by atoms with Gasteiger partial charge in [0.2, 0.25) is 11.8 Å². The Morgan fingerprint density at radius 3 is 2.48 bits per heavy atom. The third-order valence-corrected chi connectivity index (χ3v) is 3.82. The van der Waals surface area contributed by atoms with Gasteiger partial charge >= 0.3 is 0 Å². The summed E-state index contributed by atoms with van der Waals surface area (Å²) in [5.74, 6) is 1.60. The molecule has 25 heavy (non-hydrogen) atoms. The van der Waals surface area contributed by atoms with Gasteiger partial charge < -0.3 is 9.15 Å². The summed E-state index contributed by atoms with van der Waals surface area (Å²) in [6.07, 6.45) is 1.72. The van der Waals surface area contributed by atoms with E-state index in [0.29, 0.717) is 28.1 Å². The van der Waals surface area contributed by atoms with Gasteiger partial charge in [-0.3, -0.25) is 4.79 Å². The summed E-state index contributed by atoms with van der Waals surface area (Å²) in [6.45, 7) is 2.02. The third-order valence-electron chi connectivity index (χ3n) is 3.57. The summed E-state index contributed by atoms with van der Waals surface area (Å²) in [4.78, 5) is 12.1. The molecule has 0 saturated carbocycles. The Morgan fingerprint density at radius 1 is 1.08 bits per heavy atom. The fraction of sp³-hybridized carbons (Fsp3) is 0.211. The van der Waals surface area contributed by atoms with Crippen molar-refractivity contribution in [3.05, 3.63) is 65.0 Å². The summed E-state index contributed by atoms with van der Waals surface area (Å²) >= 11 is 5.81. The van der Waals surface area contributed by atoms with Crippen molar-refractivity contribution in [3.8, 4) is 17.2 Å². The summed E-state index contributed by atoms with van der Waals surface area (Å²) in [5.41, 5.74) is 1.38. The van der Waals surface area contributed by atoms with Crippen LogP contribution in [0.5, 0.6) is 5.75 Å². The molecule has 2 aromatic carbocycles. The number of ether oxygens (including phenoxy) is 1. The van der Waals surface area contributed by atoms with Gasteiger partial charge in [-0.25, -0.2) is 0 Å². The van der Waals surface area contributed by atoms with Gasteiger partial charge in [0, 0.05) is 22.6 Å². The number of Topliss-reactive ketones (excluding diaryl/α,β-unsaturated/α-hetero) is 1. The van der Waals surface area contributed by atoms with Crippen molar-refractivity contribution >= 4 is 17.4 Å². The minimum Gasteiger partial charge on any atom is -0.485 e. The molecule has 1 heterocycles. The largest absolute Gasteiger partial charge is 0.485 e. The number of hydrogen-bond acceptors (Lipinski definition) is 5. The molecule has 0 saturated heterocycles. The number of hydrogen-bond donors (Lipinski definition) is 0. The Hall–Kier alpha value is -2.66. The predicted molar refractivity (Wildman–Crippen MR) is 95.0 cm³/mol. The lowest BCUT2D eigenvalue weighted by atomic mass is 10.1. The molecule has 0 unspecified atom stereocenters. The summed E-state index contributed by atoms with van der Waals surface area (Å²) in [5, 5.41) is 8.63. The van der Waals surface area contributed by atoms with Crippen LogP contribution in [0.2, 0.25) is 5.02 Å². The van der Waals surface area contributed by atoms with Gasteiger partial charge in [-0.1, -0.05) is 18.5 Å². The predicted octanol–water partition coefficient (Wildman–Crippen LogP) is 4.60. The van der Waals surface area contributed by atoms with E-state index in [1.165, 1.54) is 0 Å². The fourth-order valence-corrected chi connectivity index (χ4v) is 2.37. The van der Waals surface area contributed by atoms with Gasteiger partial charge in [0.1, 0.15) is 5.75 Å². The molecule has 0 bridgehead atoms. The van der Waals surface area contributed by atoms with Crippen LogP contribution in [0.25, 0.3) is 11.5 Å². The SMILES string of the molecule is CCCc1nnc(-c2ccc(OCC(=O)c3ccc(Cl)cc3)cc2)o1. The monoisotopic (exact) mass is 356 g/mol. The standard InChI is InChI=1S/C19H17ClN2O3/c1-2-3-18-21-22-19(25-18)14-6-10-16(11-7-14)24-12-17(23)13-4-8-15(20)9-5-13/h4-11H,2-3,12H2,1H3. The number of rotatable bonds is 7. The molecule has 0 radical (unpaired) electrons. The molecule has 128 valence electrons. The van der Waals surface area contributed by atoms with Gasteiger partial charge in [-0.2, -0.15) is 0 Å². The van der Waals surface area contributed by atoms with Crippen LogP contribution in [-0.4, -0.2) is 22.6 Å². The van der Waals surface area contributed by atoms with Crippen LogP contribution >= 0.6 is 11.6 Å². The fourth-order valence-electron chi connectivity index (χ4n) is 2.25. The van der Waals surface area contributed by atoms with Crippen molar-refractivity contribution in [3.63, 3.8) is 0 Å². The second-order valence-corrected chi connectivity index (χ2v) is 5.93. The molecular weight excluding hydrogens is 340 g/mol. The molecule has 0 aliphatic heterocycles. The first kappa shape index (κ1) is 17.2. The van der Waals surface area contributed by atoms with Crippen LogP contribution in [0.4, 0.5) is 0 Å². The number of halogens is 1. The van der Waals surface area contributed by atoms with Crippen LogP contribution in [0.3, 0.4) is 0 Å². The lowest BCUT2D eigenvalue weighted by Crippen LogP contribution is -2.11. The molecule has 0 atom stereocenters. The van der Waals surface area contributed by atoms with Crippen LogP contribution < -0.4 is 4.74 Å². The van der Waals surface area contributed by atoms with Crippen molar-refractivity contribution in [1.29, 1.82) is 0 Å². The second-order valence-electron chi connectivity index (χ2n) is 5.49. The molecule has 0 amide bonds. The quantitative estimate of drug-likeness (QED) is 0.578. The zero-order valence-corrected chi connectivity index (χ0v) is 14.5. The molecule has 0 aliphatic rings. The average Bonchev–Trinajstić information content (AvgIpc) is 3.10. The highest BCUT2D eigenvalue weighted by Gasteiger charge is 2.09. The van der Waals surface area contributed by atoms with Crippen molar-refractivity contribution < 1.29 is 13.9 Å². The maximum absolute atomic E-state index is 12.1. The van der Waals surface area contributed by atoms with E-state index in [1.54, 1.807) is 36.4 Å². The van der Waals surface area contributed by atoms with Crippen molar-refractivity contribution in [1.82, 2.24) is 10.2 Å². The van der Waals surface area contributed by atoms with E-state index in [9.17, 15) is 4.79 Å². The van der Waals surface area contributed by atoms with Gasteiger partial charge in [-0.15, -0.1) is 10.2 Å². The lowest BCUT2D eigenvalue weighted by Gasteiger charge is -2.06. The third kappa shape index (κ3) is 4.45. The Kier molecular flexibility index (Phi) is 5.46. The van der Waals surface area contributed by atoms with Crippen LogP contribution in [0, 0.1) is 0 Å². The van der Waals surface area contributed by atoms with E-state index in [-0.39, 0.29) is 12.4 Å². The molecule has 0 aliphatic carbocycles. The topological polar surface area (TPSA) is 65.2 Å². The molecule has 6 heteroatoms. The summed E-state index contributed by atoms with van der Waals surface area (Å²) < 4.78 is 11.1. The van der Waals surface area contributed by atoms with E-state index in [2.05, 4.69) is 17.1 Å². The summed E-state index contributed by atoms with van der Waals surface area (Å²) in [7, 11) is 0. The Morgan fingerprint density at radius 2 is 1.80 bits per heavy atom. The number of aryl methyl sites for hydroxylation is 1. The van der Waals surface area contributed by atoms with Crippen LogP contribution in [-0.2, 0) is 6.42 Å². The van der Waals surface area contributed by atoms with Crippen LogP contribution in [0.1, 0.15) is 29.6 Å². The second kappa shape index (κ2) is 7.94. The Labute approximate surface area is 150 Å². The Balaban J connectivity index is 1.60. The zero-order valence-electron chi connectivity index (χ0n) is 13.7. The highest BCUT2D eigenvalue weighted by molar-refractivity contribution is 6.30. The summed E-state index contributed by atoms with van der Waals surface area (Å²) in [6, 6.07) is 13.9. The highest BCUT2D eigenvalue weighted by atomic mass is 35.5. The zero-order chi connectivity index (χ0) is 17.6. The van der Waals surface area contributed by atoms with Gasteiger partial charge in [0.25, 0.3) is 0 Å². The minimum absolute atomic E-state index is 0.0395. The van der Waals surface area contributed by atoms with Gasteiger partial charge in [-0.05, 0) is 55.0 Å². The molecule has 1 aromatic heterocycles. The number of aromatic nitrogens is 2. The maximum atomic E-state index is 12.1. The van der Waals surface area contributed by atoms with E-state index in [0.717, 1.165) is 18.4 Å². The molecule has 0 N–H and O–H groups in total. The first-order valence-corrected chi connectivity index (χ1v) is 8.38. The molecule has 0 spiro atoms. The van der Waals surface area contributed by atoms with E-state index in [4.69, 9.17) is 20.8 Å².